The van der Waals surface area contributed by atoms with E-state index in [0.29, 0.717) is 5.75 Å². The molecule has 0 atom stereocenters. The number of hydrogen-bond donors (Lipinski definition) is 1. The maximum absolute atomic E-state index is 11.0. The number of likely N-dealkylation sites (N-methyl/N-ethyl adjacent to an activating group) is 1. The highest BCUT2D eigenvalue weighted by Gasteiger charge is 2.25. The number of benzene rings is 1. The van der Waals surface area contributed by atoms with Crippen LogP contribution in [-0.2, 0) is 11.8 Å². The first-order valence-corrected chi connectivity index (χ1v) is 10.1. The summed E-state index contributed by atoms with van der Waals surface area (Å²) in [5.74, 6) is 0.444. The first-order chi connectivity index (χ1) is 12.6. The molecule has 0 fully saturated rings. The minimum Gasteiger partial charge on any atom is -0.507 e. The van der Waals surface area contributed by atoms with Crippen molar-refractivity contribution in [2.45, 2.75) is 74.1 Å². The van der Waals surface area contributed by atoms with Gasteiger partial charge in [0, 0.05) is 25.4 Å². The second kappa shape index (κ2) is 8.59. The summed E-state index contributed by atoms with van der Waals surface area (Å²) < 4.78 is 0. The molecule has 0 aliphatic carbocycles. The minimum absolute atomic E-state index is 0.00440. The smallest absolute Gasteiger partial charge is 0.123 e. The van der Waals surface area contributed by atoms with E-state index >= 15 is 0 Å². The molecule has 1 aromatic carbocycles. The van der Waals surface area contributed by atoms with Gasteiger partial charge in [0.2, 0.25) is 0 Å². The van der Waals surface area contributed by atoms with E-state index in [4.69, 9.17) is 0 Å². The monoisotopic (exact) mass is 383 g/mol. The fraction of sp³-hybridized carbons (Fsp3) is 0.538. The quantitative estimate of drug-likeness (QED) is 0.557. The van der Waals surface area contributed by atoms with Crippen LogP contribution in [0.5, 0.6) is 5.75 Å². The van der Waals surface area contributed by atoms with E-state index in [-0.39, 0.29) is 10.8 Å². The number of phenolic OH excluding ortho intramolecular Hbond substituents is 1. The average molecular weight is 384 g/mol. The third-order valence-electron chi connectivity index (χ3n) is 5.20. The van der Waals surface area contributed by atoms with E-state index in [9.17, 15) is 5.11 Å². The van der Waals surface area contributed by atoms with Gasteiger partial charge in [0.15, 0.2) is 0 Å². The van der Waals surface area contributed by atoms with Crippen LogP contribution in [0.1, 0.15) is 72.1 Å². The zero-order chi connectivity index (χ0) is 22.0. The molecule has 2 nitrogen and oxygen atoms in total. The fourth-order valence-electron chi connectivity index (χ4n) is 4.22. The van der Waals surface area contributed by atoms with Crippen molar-refractivity contribution in [1.82, 2.24) is 4.90 Å². The van der Waals surface area contributed by atoms with E-state index < -0.39 is 0 Å². The Labute approximate surface area is 173 Å². The van der Waals surface area contributed by atoms with Crippen molar-refractivity contribution in [3.05, 3.63) is 63.9 Å². The van der Waals surface area contributed by atoms with Gasteiger partial charge in [-0.1, -0.05) is 65.8 Å². The van der Waals surface area contributed by atoms with Crippen LogP contribution in [0.4, 0.5) is 0 Å². The zero-order valence-corrected chi connectivity index (χ0v) is 20.0. The van der Waals surface area contributed by atoms with E-state index in [2.05, 4.69) is 87.1 Å². The van der Waals surface area contributed by atoms with Crippen LogP contribution in [0.3, 0.4) is 0 Å². The number of hydrogen-bond acceptors (Lipinski definition) is 2. The van der Waals surface area contributed by atoms with Gasteiger partial charge in [-0.2, -0.15) is 0 Å². The van der Waals surface area contributed by atoms with Gasteiger partial charge in [-0.15, -0.1) is 0 Å². The SMILES string of the molecule is C=C(/C=C(C)\C(=C(\C)Cc1ccc(C)c(C(C)(C)C)c1O)C(C)(C)C)N(C)C. The van der Waals surface area contributed by atoms with E-state index in [1.165, 1.54) is 16.7 Å². The Kier molecular flexibility index (Phi) is 7.39. The summed E-state index contributed by atoms with van der Waals surface area (Å²) in [5, 5.41) is 11.0. The number of rotatable bonds is 5. The Morgan fingerprint density at radius 1 is 1.07 bits per heavy atom. The molecule has 0 spiro atoms. The molecule has 0 heterocycles. The largest absolute Gasteiger partial charge is 0.507 e. The molecular weight excluding hydrogens is 342 g/mol. The number of nitrogens with zero attached hydrogens (tertiary/aromatic N) is 1. The zero-order valence-electron chi connectivity index (χ0n) is 20.0. The molecular formula is C26H41NO. The van der Waals surface area contributed by atoms with Gasteiger partial charge < -0.3 is 10.0 Å². The first-order valence-electron chi connectivity index (χ1n) is 10.1. The van der Waals surface area contributed by atoms with Crippen molar-refractivity contribution in [1.29, 1.82) is 0 Å². The maximum Gasteiger partial charge on any atom is 0.123 e. The van der Waals surface area contributed by atoms with Crippen LogP contribution in [-0.4, -0.2) is 24.1 Å². The molecule has 156 valence electrons. The molecule has 2 heteroatoms. The van der Waals surface area contributed by atoms with Gasteiger partial charge >= 0.3 is 0 Å². The summed E-state index contributed by atoms with van der Waals surface area (Å²) in [6.07, 6.45) is 2.89. The lowest BCUT2D eigenvalue weighted by Gasteiger charge is -2.29. The van der Waals surface area contributed by atoms with Crippen molar-refractivity contribution in [3.63, 3.8) is 0 Å². The van der Waals surface area contributed by atoms with Crippen LogP contribution in [0.2, 0.25) is 0 Å². The molecule has 28 heavy (non-hydrogen) atoms. The van der Waals surface area contributed by atoms with Crippen molar-refractivity contribution in [3.8, 4) is 5.75 Å². The summed E-state index contributed by atoms with van der Waals surface area (Å²) >= 11 is 0. The second-order valence-electron chi connectivity index (χ2n) is 10.3. The van der Waals surface area contributed by atoms with Crippen LogP contribution in [0.15, 0.2) is 47.2 Å². The lowest BCUT2D eigenvalue weighted by Crippen LogP contribution is -2.16. The Balaban J connectivity index is 3.52. The highest BCUT2D eigenvalue weighted by Crippen LogP contribution is 2.39. The summed E-state index contributed by atoms with van der Waals surface area (Å²) in [5.41, 5.74) is 7.92. The van der Waals surface area contributed by atoms with Crippen LogP contribution >= 0.6 is 0 Å². The molecule has 0 aliphatic rings. The van der Waals surface area contributed by atoms with Gasteiger partial charge in [-0.05, 0) is 66.4 Å². The number of phenols is 1. The fourth-order valence-corrected chi connectivity index (χ4v) is 4.22. The van der Waals surface area contributed by atoms with E-state index in [1.807, 2.05) is 19.0 Å². The van der Waals surface area contributed by atoms with Gasteiger partial charge in [0.25, 0.3) is 0 Å². The molecule has 0 bridgehead atoms. The van der Waals surface area contributed by atoms with E-state index in [1.54, 1.807) is 0 Å². The molecule has 0 radical (unpaired) electrons. The molecule has 0 unspecified atom stereocenters. The van der Waals surface area contributed by atoms with Crippen LogP contribution < -0.4 is 0 Å². The predicted molar refractivity (Wildman–Crippen MR) is 124 cm³/mol. The normalized spacial score (nSPS) is 14.0. The van der Waals surface area contributed by atoms with Crippen LogP contribution in [0, 0.1) is 12.3 Å². The predicted octanol–water partition coefficient (Wildman–Crippen LogP) is 6.92. The molecule has 1 rings (SSSR count). The molecule has 0 aromatic heterocycles. The van der Waals surface area contributed by atoms with Crippen LogP contribution in [0.25, 0.3) is 0 Å². The Hall–Kier alpha value is -1.96. The van der Waals surface area contributed by atoms with Crippen molar-refractivity contribution >= 4 is 0 Å². The Morgan fingerprint density at radius 2 is 1.61 bits per heavy atom. The molecule has 0 aliphatic heterocycles. The lowest BCUT2D eigenvalue weighted by atomic mass is 9.77. The van der Waals surface area contributed by atoms with Crippen molar-refractivity contribution in [2.75, 3.05) is 14.1 Å². The third-order valence-corrected chi connectivity index (χ3v) is 5.20. The molecule has 0 amide bonds. The summed E-state index contributed by atoms with van der Waals surface area (Å²) in [4.78, 5) is 2.03. The van der Waals surface area contributed by atoms with Gasteiger partial charge in [-0.3, -0.25) is 0 Å². The lowest BCUT2D eigenvalue weighted by molar-refractivity contribution is 0.439. The number of aromatic hydroxyl groups is 1. The highest BCUT2D eigenvalue weighted by atomic mass is 16.3. The van der Waals surface area contributed by atoms with Gasteiger partial charge in [0.1, 0.15) is 5.75 Å². The van der Waals surface area contributed by atoms with Crippen molar-refractivity contribution < 1.29 is 5.11 Å². The minimum atomic E-state index is -0.0894. The molecule has 0 saturated carbocycles. The topological polar surface area (TPSA) is 23.5 Å². The summed E-state index contributed by atoms with van der Waals surface area (Å²) in [6.45, 7) is 23.8. The molecule has 1 N–H and O–H groups in total. The Morgan fingerprint density at radius 3 is 2.04 bits per heavy atom. The Bertz CT molecular complexity index is 793. The van der Waals surface area contributed by atoms with Gasteiger partial charge in [0.05, 0.1) is 0 Å². The van der Waals surface area contributed by atoms with E-state index in [0.717, 1.165) is 28.8 Å². The van der Waals surface area contributed by atoms with Gasteiger partial charge in [-0.25, -0.2) is 0 Å². The van der Waals surface area contributed by atoms with Crippen molar-refractivity contribution in [2.24, 2.45) is 5.41 Å². The summed E-state index contributed by atoms with van der Waals surface area (Å²) in [6, 6.07) is 4.21. The number of allylic oxidation sites excluding steroid dienone is 4. The molecule has 1 aromatic rings. The standard InChI is InChI=1S/C26H41NO/c1-17-13-14-21(24(28)23(17)26(8,9)10)16-19(3)22(25(5,6)7)18(2)15-20(4)27(11)12/h13-15,28H,4,16H2,1-3,5-12H3/b18-15-,22-19+. The maximum atomic E-state index is 11.0. The summed E-state index contributed by atoms with van der Waals surface area (Å²) in [7, 11) is 4.02. The highest BCUT2D eigenvalue weighted by molar-refractivity contribution is 5.51. The number of aryl methyl sites for hydroxylation is 1. The average Bonchev–Trinajstić information content (AvgIpc) is 2.47. The first kappa shape index (κ1) is 24.1. The molecule has 0 saturated heterocycles. The third kappa shape index (κ3) is 5.77. The second-order valence-corrected chi connectivity index (χ2v) is 10.3.